The summed E-state index contributed by atoms with van der Waals surface area (Å²) in [4.78, 5) is 38.9. The van der Waals surface area contributed by atoms with Crippen LogP contribution in [0.15, 0.2) is 18.2 Å². The van der Waals surface area contributed by atoms with Crippen molar-refractivity contribution in [2.75, 3.05) is 38.1 Å². The van der Waals surface area contributed by atoms with Crippen molar-refractivity contribution in [3.63, 3.8) is 0 Å². The minimum atomic E-state index is -5.27. The summed E-state index contributed by atoms with van der Waals surface area (Å²) in [5.41, 5.74) is -6.00. The van der Waals surface area contributed by atoms with Crippen molar-refractivity contribution in [2.24, 2.45) is 0 Å². The fraction of sp³-hybridized carbons (Fsp3) is 0.500. The van der Waals surface area contributed by atoms with E-state index in [4.69, 9.17) is 14.2 Å². The van der Waals surface area contributed by atoms with Crippen LogP contribution in [0.2, 0.25) is 0 Å². The molecule has 12 nitrogen and oxygen atoms in total. The number of likely N-dealkylation sites (tertiary alicyclic amines) is 1. The summed E-state index contributed by atoms with van der Waals surface area (Å²) in [6, 6.07) is 1.64. The van der Waals surface area contributed by atoms with Gasteiger partial charge in [0.15, 0.2) is 23.2 Å². The number of rotatable bonds is 7. The predicted octanol–water partition coefficient (Wildman–Crippen LogP) is 7.58. The molecule has 3 aliphatic rings. The van der Waals surface area contributed by atoms with Crippen LogP contribution in [0.3, 0.4) is 0 Å². The van der Waals surface area contributed by atoms with Crippen LogP contribution < -0.4 is 14.8 Å². The summed E-state index contributed by atoms with van der Waals surface area (Å²) in [5.74, 6) is -3.20. The average Bonchev–Trinajstić information content (AvgIpc) is 3.82. The number of amides is 2. The molecule has 0 radical (unpaired) electrons. The Hall–Kier alpha value is -4.72. The minimum absolute atomic E-state index is 0.132. The number of halogens is 7. The molecule has 0 unspecified atom stereocenters. The Balaban J connectivity index is 1.37. The van der Waals surface area contributed by atoms with E-state index in [1.165, 1.54) is 0 Å². The highest BCUT2D eigenvalue weighted by Gasteiger charge is 2.49. The van der Waals surface area contributed by atoms with Gasteiger partial charge in [0.1, 0.15) is 29.7 Å². The van der Waals surface area contributed by atoms with E-state index >= 15 is 13.2 Å². The first kappa shape index (κ1) is 37.6. The topological polar surface area (TPSA) is 139 Å². The van der Waals surface area contributed by atoms with Crippen LogP contribution in [-0.4, -0.2) is 104 Å². The predicted molar refractivity (Wildman–Crippen MR) is 180 cm³/mol. The van der Waals surface area contributed by atoms with Gasteiger partial charge >= 0.3 is 24.4 Å². The van der Waals surface area contributed by atoms with Gasteiger partial charge in [-0.1, -0.05) is 11.3 Å². The number of hydrogen-bond acceptors (Lipinski definition) is 10. The quantitative estimate of drug-likeness (QED) is 0.180. The van der Waals surface area contributed by atoms with E-state index in [1.807, 2.05) is 4.90 Å². The second kappa shape index (κ2) is 13.5. The first-order valence-electron chi connectivity index (χ1n) is 16.8. The van der Waals surface area contributed by atoms with Gasteiger partial charge in [0.25, 0.3) is 0 Å². The lowest BCUT2D eigenvalue weighted by Crippen LogP contribution is -2.43. The Morgan fingerprint density at radius 1 is 1.07 bits per heavy atom. The lowest BCUT2D eigenvalue weighted by molar-refractivity contribution is -0.137. The number of carboxylic acid groups (broad SMARTS) is 1. The summed E-state index contributed by atoms with van der Waals surface area (Å²) in [7, 11) is 0. The van der Waals surface area contributed by atoms with E-state index in [2.05, 4.69) is 20.3 Å². The molecule has 20 heteroatoms. The van der Waals surface area contributed by atoms with Crippen LogP contribution in [0.1, 0.15) is 45.6 Å². The second-order valence-electron chi connectivity index (χ2n) is 14.5. The first-order chi connectivity index (χ1) is 25.3. The summed E-state index contributed by atoms with van der Waals surface area (Å²) in [5, 5.41) is 10.8. The third-order valence-electron chi connectivity index (χ3n) is 9.52. The molecule has 7 rings (SSSR count). The molecule has 0 saturated carbocycles. The van der Waals surface area contributed by atoms with E-state index in [9.17, 15) is 32.3 Å². The number of benzene rings is 2. The highest BCUT2D eigenvalue weighted by atomic mass is 32.1. The number of carbonyl (C=O) groups excluding carboxylic acids is 1. The van der Waals surface area contributed by atoms with Crippen molar-refractivity contribution in [3.8, 4) is 23.0 Å². The van der Waals surface area contributed by atoms with Crippen molar-refractivity contribution < 1.29 is 59.6 Å². The van der Waals surface area contributed by atoms with Gasteiger partial charge in [0.2, 0.25) is 5.88 Å². The van der Waals surface area contributed by atoms with Crippen LogP contribution in [0.4, 0.5) is 45.5 Å². The largest absolute Gasteiger partial charge is 0.469 e. The molecule has 0 bridgehead atoms. The molecule has 2 N–H and O–H groups in total. The number of anilines is 1. The Labute approximate surface area is 306 Å². The maximum Gasteiger partial charge on any atom is 0.417 e. The fourth-order valence-electron chi connectivity index (χ4n) is 7.24. The number of fused-ring (bicyclic) bond motifs is 3. The van der Waals surface area contributed by atoms with E-state index in [0.29, 0.717) is 35.3 Å². The molecule has 5 heterocycles. The Morgan fingerprint density at radius 2 is 1.83 bits per heavy atom. The smallest absolute Gasteiger partial charge is 0.417 e. The van der Waals surface area contributed by atoms with Gasteiger partial charge in [-0.15, -0.1) is 0 Å². The maximum absolute atomic E-state index is 17.0. The lowest BCUT2D eigenvalue weighted by atomic mass is 9.95. The number of carbonyl (C=O) groups is 2. The zero-order valence-corrected chi connectivity index (χ0v) is 29.7. The van der Waals surface area contributed by atoms with Gasteiger partial charge in [0, 0.05) is 24.1 Å². The van der Waals surface area contributed by atoms with Gasteiger partial charge in [-0.25, -0.2) is 32.1 Å². The minimum Gasteiger partial charge on any atom is -0.469 e. The van der Waals surface area contributed by atoms with Gasteiger partial charge in [-0.05, 0) is 58.4 Å². The normalized spacial score (nSPS) is 23.3. The molecular formula is C34H33F7N6O6S. The van der Waals surface area contributed by atoms with Crippen molar-refractivity contribution in [1.82, 2.24) is 24.8 Å². The van der Waals surface area contributed by atoms with Gasteiger partial charge < -0.3 is 24.2 Å². The van der Waals surface area contributed by atoms with Gasteiger partial charge in [0.05, 0.1) is 39.8 Å². The Bertz CT molecular complexity index is 2150. The van der Waals surface area contributed by atoms with Crippen molar-refractivity contribution in [1.29, 1.82) is 0 Å². The number of nitrogens with zero attached hydrogens (tertiary/aromatic N) is 5. The summed E-state index contributed by atoms with van der Waals surface area (Å²) in [6.45, 7) is 4.26. The Kier molecular flexibility index (Phi) is 9.43. The monoisotopic (exact) mass is 786 g/mol. The van der Waals surface area contributed by atoms with Crippen LogP contribution in [-0.2, 0) is 10.9 Å². The SMILES string of the molecule is CC(C)(C)OC(=O)Nc1nc2c(-c3c(C(F)(F)F)cc4c(O[C@H]5CN(C(=O)O)C[C@H]5F)nc(OC[C@@]56CCCN5C[C@H](F)C6)nc4c3F)ccc(F)c2s1. The van der Waals surface area contributed by atoms with E-state index in [1.54, 1.807) is 20.8 Å². The molecule has 2 aromatic carbocycles. The number of alkyl halides is 5. The zero-order valence-electron chi connectivity index (χ0n) is 28.9. The van der Waals surface area contributed by atoms with Crippen molar-refractivity contribution >= 4 is 49.8 Å². The molecule has 290 valence electrons. The van der Waals surface area contributed by atoms with Crippen LogP contribution in [0, 0.1) is 11.6 Å². The van der Waals surface area contributed by atoms with Crippen LogP contribution >= 0.6 is 11.3 Å². The van der Waals surface area contributed by atoms with Crippen molar-refractivity contribution in [2.45, 2.75) is 75.8 Å². The molecular weight excluding hydrogens is 753 g/mol. The number of thiazole rings is 1. The fourth-order valence-corrected chi connectivity index (χ4v) is 8.12. The molecule has 3 saturated heterocycles. The molecule has 4 aromatic rings. The second-order valence-corrected chi connectivity index (χ2v) is 15.5. The number of ether oxygens (including phenoxy) is 3. The summed E-state index contributed by atoms with van der Waals surface area (Å²) in [6.07, 6.45) is -10.9. The first-order valence-corrected chi connectivity index (χ1v) is 17.6. The van der Waals surface area contributed by atoms with Gasteiger partial charge in [-0.2, -0.15) is 23.1 Å². The highest BCUT2D eigenvalue weighted by Crippen LogP contribution is 2.47. The van der Waals surface area contributed by atoms with Crippen molar-refractivity contribution in [3.05, 3.63) is 35.4 Å². The Morgan fingerprint density at radius 3 is 2.52 bits per heavy atom. The third kappa shape index (κ3) is 7.12. The number of hydrogen-bond donors (Lipinski definition) is 2. The summed E-state index contributed by atoms with van der Waals surface area (Å²) < 4.78 is 123. The molecule has 54 heavy (non-hydrogen) atoms. The van der Waals surface area contributed by atoms with Crippen LogP contribution in [0.5, 0.6) is 11.9 Å². The molecule has 0 spiro atoms. The standard InChI is InChI=1S/C34H33F7N6O6S/c1-32(2,3)53-30(48)45-29-43-25-16(5-6-19(36)26(25)54-29)22-18(34(39,40)41)9-17-24(23(22)38)42-28(51-14-33-7-4-8-47(33)11-15(35)10-33)44-27(17)52-21-13-46(31(49)50)12-20(21)37/h5-6,9,15,20-21H,4,7-8,10-14H2,1-3H3,(H,49,50)(H,43,45,48)/t15-,20-,21+,33+/m1/s1. The molecule has 2 amide bonds. The molecule has 4 atom stereocenters. The highest BCUT2D eigenvalue weighted by molar-refractivity contribution is 7.22. The average molecular weight is 787 g/mol. The van der Waals surface area contributed by atoms with Gasteiger partial charge in [-0.3, -0.25) is 10.2 Å². The van der Waals surface area contributed by atoms with E-state index in [0.717, 1.165) is 18.6 Å². The third-order valence-corrected chi connectivity index (χ3v) is 10.5. The zero-order chi connectivity index (χ0) is 38.9. The number of aromatic nitrogens is 3. The summed E-state index contributed by atoms with van der Waals surface area (Å²) >= 11 is 0.581. The molecule has 3 aliphatic heterocycles. The maximum atomic E-state index is 17.0. The van der Waals surface area contributed by atoms with E-state index in [-0.39, 0.29) is 29.4 Å². The number of nitrogens with one attached hydrogen (secondary N) is 1. The van der Waals surface area contributed by atoms with Crippen LogP contribution in [0.25, 0.3) is 32.2 Å². The molecule has 3 fully saturated rings. The lowest BCUT2D eigenvalue weighted by Gasteiger charge is -2.30. The molecule has 2 aromatic heterocycles. The molecule has 0 aliphatic carbocycles. The van der Waals surface area contributed by atoms with E-state index < -0.39 is 118 Å².